The second kappa shape index (κ2) is 6.48. The highest BCUT2D eigenvalue weighted by Gasteiger charge is 2.13. The molecule has 0 saturated carbocycles. The molecule has 1 aromatic rings. The highest BCUT2D eigenvalue weighted by atomic mass is 32.2. The summed E-state index contributed by atoms with van der Waals surface area (Å²) >= 11 is 3.51. The molecule has 0 spiro atoms. The number of hydrogen-bond acceptors (Lipinski definition) is 4. The molecular weight excluding hydrogens is 227 g/mol. The van der Waals surface area contributed by atoms with Crippen LogP contribution in [0.15, 0.2) is 28.0 Å². The lowest BCUT2D eigenvalue weighted by Gasteiger charge is -2.09. The second-order valence-corrected chi connectivity index (χ2v) is 5.56. The molecule has 82 valence electrons. The van der Waals surface area contributed by atoms with E-state index in [1.54, 1.807) is 29.6 Å². The Morgan fingerprint density at radius 1 is 1.07 bits per heavy atom. The Balaban J connectivity index is 2.97. The molecule has 0 fully saturated rings. The standard InChI is InChI=1S/C10H15BO2S2/c1-3-14-9-6-5-8(11(12)13)7-10(9)15-4-2/h5-7,12-13H,3-4H2,1-2H3. The van der Waals surface area contributed by atoms with E-state index >= 15 is 0 Å². The van der Waals surface area contributed by atoms with Crippen molar-refractivity contribution >= 4 is 36.1 Å². The minimum Gasteiger partial charge on any atom is -0.423 e. The van der Waals surface area contributed by atoms with Crippen LogP contribution in [0, 0.1) is 0 Å². The maximum absolute atomic E-state index is 9.08. The van der Waals surface area contributed by atoms with Crippen molar-refractivity contribution in [2.75, 3.05) is 11.5 Å². The molecule has 0 heterocycles. The maximum atomic E-state index is 9.08. The first kappa shape index (κ1) is 13.0. The van der Waals surface area contributed by atoms with E-state index in [0.717, 1.165) is 16.4 Å². The molecule has 0 aromatic heterocycles. The third-order valence-electron chi connectivity index (χ3n) is 1.87. The van der Waals surface area contributed by atoms with E-state index in [1.165, 1.54) is 4.90 Å². The van der Waals surface area contributed by atoms with Gasteiger partial charge in [-0.3, -0.25) is 0 Å². The Morgan fingerprint density at radius 3 is 2.20 bits per heavy atom. The van der Waals surface area contributed by atoms with Crippen LogP contribution in [0.1, 0.15) is 13.8 Å². The van der Waals surface area contributed by atoms with E-state index in [0.29, 0.717) is 5.46 Å². The molecule has 0 aliphatic heterocycles. The molecule has 0 aliphatic rings. The third-order valence-corrected chi connectivity index (χ3v) is 3.89. The Kier molecular flexibility index (Phi) is 5.60. The topological polar surface area (TPSA) is 40.5 Å². The summed E-state index contributed by atoms with van der Waals surface area (Å²) < 4.78 is 0. The molecule has 0 saturated heterocycles. The van der Waals surface area contributed by atoms with Crippen LogP contribution in [0.3, 0.4) is 0 Å². The highest BCUT2D eigenvalue weighted by molar-refractivity contribution is 8.02. The molecule has 2 nitrogen and oxygen atoms in total. The average molecular weight is 242 g/mol. The van der Waals surface area contributed by atoms with Crippen LogP contribution in [0.4, 0.5) is 0 Å². The summed E-state index contributed by atoms with van der Waals surface area (Å²) in [6, 6.07) is 5.58. The van der Waals surface area contributed by atoms with E-state index in [4.69, 9.17) is 10.0 Å². The Bertz CT molecular complexity index is 318. The number of rotatable bonds is 5. The second-order valence-electron chi connectivity index (χ2n) is 2.95. The first-order valence-electron chi connectivity index (χ1n) is 4.94. The summed E-state index contributed by atoms with van der Waals surface area (Å²) in [6.45, 7) is 4.20. The summed E-state index contributed by atoms with van der Waals surface area (Å²) in [4.78, 5) is 2.35. The average Bonchev–Trinajstić information content (AvgIpc) is 2.21. The SMILES string of the molecule is CCSc1ccc(B(O)O)cc1SCC. The van der Waals surface area contributed by atoms with Gasteiger partial charge in [0.15, 0.2) is 0 Å². The molecule has 0 atom stereocenters. The fourth-order valence-electron chi connectivity index (χ4n) is 1.23. The summed E-state index contributed by atoms with van der Waals surface area (Å²) in [6.07, 6.45) is 0. The van der Waals surface area contributed by atoms with Gasteiger partial charge in [-0.1, -0.05) is 19.9 Å². The molecule has 1 rings (SSSR count). The molecule has 2 N–H and O–H groups in total. The first-order valence-corrected chi connectivity index (χ1v) is 6.91. The molecular formula is C10H15BO2S2. The van der Waals surface area contributed by atoms with Crippen LogP contribution in [-0.4, -0.2) is 28.7 Å². The summed E-state index contributed by atoms with van der Waals surface area (Å²) in [5.41, 5.74) is 0.561. The van der Waals surface area contributed by atoms with E-state index < -0.39 is 7.12 Å². The van der Waals surface area contributed by atoms with Crippen LogP contribution < -0.4 is 5.46 Å². The van der Waals surface area contributed by atoms with Gasteiger partial charge in [0, 0.05) is 9.79 Å². The zero-order valence-corrected chi connectivity index (χ0v) is 10.6. The fraction of sp³-hybridized carbons (Fsp3) is 0.400. The van der Waals surface area contributed by atoms with Crippen LogP contribution in [0.25, 0.3) is 0 Å². The molecule has 1 aromatic carbocycles. The van der Waals surface area contributed by atoms with Gasteiger partial charge < -0.3 is 10.0 Å². The minimum absolute atomic E-state index is 0.561. The molecule has 0 amide bonds. The zero-order chi connectivity index (χ0) is 11.3. The third kappa shape index (κ3) is 3.76. The molecule has 0 aliphatic carbocycles. The van der Waals surface area contributed by atoms with Crippen molar-refractivity contribution in [2.45, 2.75) is 23.6 Å². The Labute approximate surface area is 99.6 Å². The van der Waals surface area contributed by atoms with Crippen molar-refractivity contribution in [3.63, 3.8) is 0 Å². The molecule has 0 radical (unpaired) electrons. The summed E-state index contributed by atoms with van der Waals surface area (Å²) in [5.74, 6) is 2.01. The van der Waals surface area contributed by atoms with Gasteiger partial charge in [-0.2, -0.15) is 0 Å². The quantitative estimate of drug-likeness (QED) is 0.607. The van der Waals surface area contributed by atoms with Crippen molar-refractivity contribution in [2.24, 2.45) is 0 Å². The van der Waals surface area contributed by atoms with E-state index in [-0.39, 0.29) is 0 Å². The van der Waals surface area contributed by atoms with Crippen LogP contribution >= 0.6 is 23.5 Å². The lowest BCUT2D eigenvalue weighted by atomic mass is 9.80. The number of benzene rings is 1. The smallest absolute Gasteiger partial charge is 0.423 e. The number of thioether (sulfide) groups is 2. The molecule has 5 heteroatoms. The summed E-state index contributed by atoms with van der Waals surface area (Å²) in [5, 5.41) is 18.2. The lowest BCUT2D eigenvalue weighted by Crippen LogP contribution is -2.29. The van der Waals surface area contributed by atoms with Crippen molar-refractivity contribution < 1.29 is 10.0 Å². The molecule has 0 unspecified atom stereocenters. The Morgan fingerprint density at radius 2 is 1.67 bits per heavy atom. The largest absolute Gasteiger partial charge is 0.488 e. The van der Waals surface area contributed by atoms with Crippen molar-refractivity contribution in [3.8, 4) is 0 Å². The fourth-order valence-corrected chi connectivity index (χ4v) is 3.00. The zero-order valence-electron chi connectivity index (χ0n) is 8.93. The van der Waals surface area contributed by atoms with Crippen molar-refractivity contribution in [1.29, 1.82) is 0 Å². The van der Waals surface area contributed by atoms with E-state index in [9.17, 15) is 0 Å². The van der Waals surface area contributed by atoms with Gasteiger partial charge in [-0.15, -0.1) is 23.5 Å². The van der Waals surface area contributed by atoms with Gasteiger partial charge in [0.2, 0.25) is 0 Å². The maximum Gasteiger partial charge on any atom is 0.488 e. The predicted molar refractivity (Wildman–Crippen MR) is 69.1 cm³/mol. The van der Waals surface area contributed by atoms with Gasteiger partial charge in [0.25, 0.3) is 0 Å². The Hall–Kier alpha value is -0.0951. The highest BCUT2D eigenvalue weighted by Crippen LogP contribution is 2.29. The van der Waals surface area contributed by atoms with Crippen molar-refractivity contribution in [3.05, 3.63) is 18.2 Å². The van der Waals surface area contributed by atoms with Gasteiger partial charge in [0.05, 0.1) is 0 Å². The summed E-state index contributed by atoms with van der Waals surface area (Å²) in [7, 11) is -1.37. The van der Waals surface area contributed by atoms with E-state index in [1.807, 2.05) is 12.1 Å². The van der Waals surface area contributed by atoms with E-state index in [2.05, 4.69) is 13.8 Å². The molecule has 0 bridgehead atoms. The lowest BCUT2D eigenvalue weighted by molar-refractivity contribution is 0.425. The minimum atomic E-state index is -1.37. The van der Waals surface area contributed by atoms with Gasteiger partial charge >= 0.3 is 7.12 Å². The monoisotopic (exact) mass is 242 g/mol. The number of hydrogen-bond donors (Lipinski definition) is 2. The van der Waals surface area contributed by atoms with Crippen LogP contribution in [0.2, 0.25) is 0 Å². The van der Waals surface area contributed by atoms with Gasteiger partial charge in [0.1, 0.15) is 0 Å². The van der Waals surface area contributed by atoms with Crippen molar-refractivity contribution in [1.82, 2.24) is 0 Å². The van der Waals surface area contributed by atoms with Gasteiger partial charge in [-0.05, 0) is 29.1 Å². The van der Waals surface area contributed by atoms with Crippen LogP contribution in [-0.2, 0) is 0 Å². The predicted octanol–water partition coefficient (Wildman–Crippen LogP) is 1.59. The van der Waals surface area contributed by atoms with Gasteiger partial charge in [-0.25, -0.2) is 0 Å². The first-order chi connectivity index (χ1) is 7.19. The van der Waals surface area contributed by atoms with Crippen LogP contribution in [0.5, 0.6) is 0 Å². The normalized spacial score (nSPS) is 10.4. The molecule has 15 heavy (non-hydrogen) atoms.